The second kappa shape index (κ2) is 7.20. The van der Waals surface area contributed by atoms with Crippen molar-refractivity contribution in [2.24, 2.45) is 0 Å². The zero-order valence-corrected chi connectivity index (χ0v) is 15.9. The van der Waals surface area contributed by atoms with Gasteiger partial charge in [-0.2, -0.15) is 0 Å². The monoisotopic (exact) mass is 387 g/mol. The minimum Gasteiger partial charge on any atom is -0.448 e. The predicted molar refractivity (Wildman–Crippen MR) is 111 cm³/mol. The van der Waals surface area contributed by atoms with Gasteiger partial charge in [-0.1, -0.05) is 36.4 Å². The average molecular weight is 387 g/mol. The summed E-state index contributed by atoms with van der Waals surface area (Å²) in [4.78, 5) is 29.6. The number of fused-ring (bicyclic) bond motifs is 4. The van der Waals surface area contributed by atoms with Crippen molar-refractivity contribution in [1.82, 2.24) is 14.9 Å². The molecule has 0 saturated carbocycles. The molecule has 0 saturated heterocycles. The van der Waals surface area contributed by atoms with Gasteiger partial charge in [0.1, 0.15) is 17.6 Å². The number of furan rings is 1. The van der Waals surface area contributed by atoms with Crippen LogP contribution in [0.25, 0.3) is 22.1 Å². The molecule has 6 heteroatoms. The van der Waals surface area contributed by atoms with Crippen LogP contribution in [-0.4, -0.2) is 22.0 Å². The lowest BCUT2D eigenvalue weighted by atomic mass is 9.83. The van der Waals surface area contributed by atoms with Crippen molar-refractivity contribution in [2.45, 2.75) is 31.7 Å². The molecule has 5 rings (SSSR count). The van der Waals surface area contributed by atoms with E-state index >= 15 is 0 Å². The fraction of sp³-hybridized carbons (Fsp3) is 0.261. The highest BCUT2D eigenvalue weighted by molar-refractivity contribution is 6.01. The lowest BCUT2D eigenvalue weighted by Gasteiger charge is -2.25. The zero-order valence-electron chi connectivity index (χ0n) is 15.9. The van der Waals surface area contributed by atoms with Crippen LogP contribution in [0.15, 0.2) is 64.1 Å². The van der Waals surface area contributed by atoms with E-state index in [1.54, 1.807) is 6.07 Å². The summed E-state index contributed by atoms with van der Waals surface area (Å²) in [5.41, 5.74) is 3.67. The number of carbonyl (C=O) groups is 1. The first-order valence-electron chi connectivity index (χ1n) is 9.92. The molecule has 29 heavy (non-hydrogen) atoms. The SMILES string of the molecule is O=C(Cn1cnc2c(oc3ccccc32)c1=O)NCC1CCCc2ccccc21. The molecule has 1 N–H and O–H groups in total. The fourth-order valence-electron chi connectivity index (χ4n) is 4.24. The van der Waals surface area contributed by atoms with E-state index in [9.17, 15) is 9.59 Å². The molecule has 1 aliphatic rings. The summed E-state index contributed by atoms with van der Waals surface area (Å²) < 4.78 is 6.97. The van der Waals surface area contributed by atoms with Gasteiger partial charge in [0.2, 0.25) is 11.5 Å². The Hall–Kier alpha value is -3.41. The fourth-order valence-corrected chi connectivity index (χ4v) is 4.24. The number of nitrogens with zero attached hydrogens (tertiary/aromatic N) is 2. The van der Waals surface area contributed by atoms with E-state index < -0.39 is 0 Å². The van der Waals surface area contributed by atoms with Crippen molar-refractivity contribution in [3.05, 3.63) is 76.3 Å². The summed E-state index contributed by atoms with van der Waals surface area (Å²) in [5.74, 6) is 0.115. The summed E-state index contributed by atoms with van der Waals surface area (Å²) in [6, 6.07) is 15.8. The normalized spacial score (nSPS) is 16.1. The van der Waals surface area contributed by atoms with Crippen LogP contribution >= 0.6 is 0 Å². The van der Waals surface area contributed by atoms with E-state index in [2.05, 4.69) is 28.5 Å². The standard InChI is InChI=1S/C23H21N3O3/c27-20(24-12-16-8-5-7-15-6-1-2-9-17(15)16)13-26-14-25-21-18-10-3-4-11-19(18)29-22(21)23(26)28/h1-4,6,9-11,14,16H,5,7-8,12-13H2,(H,24,27). The quantitative estimate of drug-likeness (QED) is 0.582. The number of hydrogen-bond donors (Lipinski definition) is 1. The summed E-state index contributed by atoms with van der Waals surface area (Å²) in [6.45, 7) is 0.498. The highest BCUT2D eigenvalue weighted by Crippen LogP contribution is 2.30. The number of aromatic nitrogens is 2. The molecule has 0 aliphatic heterocycles. The van der Waals surface area contributed by atoms with Gasteiger partial charge in [0.25, 0.3) is 5.56 Å². The first-order valence-corrected chi connectivity index (χ1v) is 9.92. The Kier molecular flexibility index (Phi) is 4.39. The van der Waals surface area contributed by atoms with Gasteiger partial charge in [-0.25, -0.2) is 4.98 Å². The number of benzene rings is 2. The highest BCUT2D eigenvalue weighted by atomic mass is 16.3. The van der Waals surface area contributed by atoms with Crippen LogP contribution in [-0.2, 0) is 17.8 Å². The lowest BCUT2D eigenvalue weighted by Crippen LogP contribution is -2.35. The Morgan fingerprint density at radius 3 is 2.93 bits per heavy atom. The van der Waals surface area contributed by atoms with Crippen LogP contribution in [0.2, 0.25) is 0 Å². The molecule has 0 radical (unpaired) electrons. The van der Waals surface area contributed by atoms with Crippen LogP contribution in [0, 0.1) is 0 Å². The third-order valence-corrected chi connectivity index (χ3v) is 5.70. The maximum atomic E-state index is 12.8. The number of amides is 1. The van der Waals surface area contributed by atoms with Gasteiger partial charge in [0, 0.05) is 17.8 Å². The van der Waals surface area contributed by atoms with Crippen LogP contribution in [0.1, 0.15) is 29.9 Å². The molecule has 0 bridgehead atoms. The van der Waals surface area contributed by atoms with E-state index in [1.807, 2.05) is 24.3 Å². The number of carbonyl (C=O) groups excluding carboxylic acids is 1. The van der Waals surface area contributed by atoms with Crippen molar-refractivity contribution in [1.29, 1.82) is 0 Å². The maximum Gasteiger partial charge on any atom is 0.297 e. The number of para-hydroxylation sites is 1. The van der Waals surface area contributed by atoms with Gasteiger partial charge < -0.3 is 9.73 Å². The Balaban J connectivity index is 1.32. The molecule has 2 heterocycles. The smallest absolute Gasteiger partial charge is 0.297 e. The van der Waals surface area contributed by atoms with E-state index in [4.69, 9.17) is 4.42 Å². The van der Waals surface area contributed by atoms with Crippen LogP contribution in [0.3, 0.4) is 0 Å². The topological polar surface area (TPSA) is 77.1 Å². The number of nitrogens with one attached hydrogen (secondary N) is 1. The van der Waals surface area contributed by atoms with Crippen molar-refractivity contribution >= 4 is 28.0 Å². The molecule has 2 aromatic heterocycles. The van der Waals surface area contributed by atoms with Gasteiger partial charge in [0.15, 0.2) is 0 Å². The van der Waals surface area contributed by atoms with Crippen LogP contribution in [0.5, 0.6) is 0 Å². The van der Waals surface area contributed by atoms with Crippen molar-refractivity contribution in [2.75, 3.05) is 6.54 Å². The number of aryl methyl sites for hydroxylation is 1. The minimum absolute atomic E-state index is 0.0762. The number of rotatable bonds is 4. The van der Waals surface area contributed by atoms with Gasteiger partial charge in [-0.05, 0) is 42.5 Å². The van der Waals surface area contributed by atoms with Crippen LogP contribution < -0.4 is 10.9 Å². The van der Waals surface area contributed by atoms with Crippen molar-refractivity contribution < 1.29 is 9.21 Å². The first-order chi connectivity index (χ1) is 14.2. The molecular weight excluding hydrogens is 366 g/mol. The Labute approximate surface area is 167 Å². The summed E-state index contributed by atoms with van der Waals surface area (Å²) >= 11 is 0. The van der Waals surface area contributed by atoms with Gasteiger partial charge in [0.05, 0.1) is 6.33 Å². The minimum atomic E-state index is -0.343. The molecule has 146 valence electrons. The second-order valence-corrected chi connectivity index (χ2v) is 7.55. The molecule has 1 atom stereocenters. The van der Waals surface area contributed by atoms with Gasteiger partial charge in [-0.3, -0.25) is 14.2 Å². The third-order valence-electron chi connectivity index (χ3n) is 5.70. The lowest BCUT2D eigenvalue weighted by molar-refractivity contribution is -0.121. The van der Waals surface area contributed by atoms with Crippen LogP contribution in [0.4, 0.5) is 0 Å². The Morgan fingerprint density at radius 1 is 1.17 bits per heavy atom. The Morgan fingerprint density at radius 2 is 2.00 bits per heavy atom. The maximum absolute atomic E-state index is 12.8. The second-order valence-electron chi connectivity index (χ2n) is 7.55. The van der Waals surface area contributed by atoms with E-state index in [-0.39, 0.29) is 23.6 Å². The molecule has 0 fully saturated rings. The largest absolute Gasteiger partial charge is 0.448 e. The summed E-state index contributed by atoms with van der Waals surface area (Å²) in [6.07, 6.45) is 4.70. The first kappa shape index (κ1) is 17.7. The van der Waals surface area contributed by atoms with Crippen molar-refractivity contribution in [3.63, 3.8) is 0 Å². The molecule has 4 aromatic rings. The van der Waals surface area contributed by atoms with E-state index in [0.29, 0.717) is 23.6 Å². The molecule has 2 aromatic carbocycles. The van der Waals surface area contributed by atoms with E-state index in [0.717, 1.165) is 24.6 Å². The summed E-state index contributed by atoms with van der Waals surface area (Å²) in [7, 11) is 0. The average Bonchev–Trinajstić information content (AvgIpc) is 3.14. The molecule has 6 nitrogen and oxygen atoms in total. The van der Waals surface area contributed by atoms with Crippen molar-refractivity contribution in [3.8, 4) is 0 Å². The number of hydrogen-bond acceptors (Lipinski definition) is 4. The van der Waals surface area contributed by atoms with Gasteiger partial charge >= 0.3 is 0 Å². The molecule has 1 aliphatic carbocycles. The molecule has 1 unspecified atom stereocenters. The third kappa shape index (κ3) is 3.20. The zero-order chi connectivity index (χ0) is 19.8. The molecule has 1 amide bonds. The highest BCUT2D eigenvalue weighted by Gasteiger charge is 2.20. The Bertz CT molecular complexity index is 1270. The summed E-state index contributed by atoms with van der Waals surface area (Å²) in [5, 5.41) is 3.78. The predicted octanol–water partition coefficient (Wildman–Crippen LogP) is 3.38. The molecular formula is C23H21N3O3. The van der Waals surface area contributed by atoms with Gasteiger partial charge in [-0.15, -0.1) is 0 Å². The molecule has 0 spiro atoms. The van der Waals surface area contributed by atoms with E-state index in [1.165, 1.54) is 22.0 Å².